The number of para-hydroxylation sites is 1. The molecule has 0 radical (unpaired) electrons. The normalized spacial score (nSPS) is 10.8. The summed E-state index contributed by atoms with van der Waals surface area (Å²) in [6, 6.07) is 6.84. The van der Waals surface area contributed by atoms with E-state index in [1.165, 1.54) is 7.11 Å². The van der Waals surface area contributed by atoms with Gasteiger partial charge in [-0.05, 0) is 43.0 Å². The van der Waals surface area contributed by atoms with Crippen LogP contribution in [0.25, 0.3) is 0 Å². The second-order valence-corrected chi connectivity index (χ2v) is 6.74. The van der Waals surface area contributed by atoms with Gasteiger partial charge in [0, 0.05) is 12.7 Å². The molecule has 0 saturated carbocycles. The number of methoxy groups -OCH3 is 1. The lowest BCUT2D eigenvalue weighted by Gasteiger charge is -2.14. The first-order chi connectivity index (χ1) is 11.8. The van der Waals surface area contributed by atoms with Crippen LogP contribution >= 0.6 is 11.6 Å². The van der Waals surface area contributed by atoms with E-state index in [2.05, 4.69) is 19.2 Å². The fraction of sp³-hybridized carbons (Fsp3) is 0.368. The van der Waals surface area contributed by atoms with Gasteiger partial charge in [0.2, 0.25) is 0 Å². The van der Waals surface area contributed by atoms with Crippen molar-refractivity contribution in [3.05, 3.63) is 57.0 Å². The lowest BCUT2D eigenvalue weighted by molar-refractivity contribution is 0.102. The lowest BCUT2D eigenvalue weighted by atomic mass is 10.1. The van der Waals surface area contributed by atoms with Crippen LogP contribution in [0.4, 0.5) is 5.69 Å². The van der Waals surface area contributed by atoms with E-state index in [1.54, 1.807) is 42.0 Å². The molecule has 0 aliphatic carbocycles. The van der Waals surface area contributed by atoms with E-state index in [1.807, 2.05) is 0 Å². The highest BCUT2D eigenvalue weighted by molar-refractivity contribution is 6.32. The number of pyridine rings is 1. The van der Waals surface area contributed by atoms with Crippen molar-refractivity contribution in [1.82, 2.24) is 4.57 Å². The third-order valence-electron chi connectivity index (χ3n) is 3.97. The zero-order valence-electron chi connectivity index (χ0n) is 14.9. The molecule has 1 aromatic heterocycles. The van der Waals surface area contributed by atoms with Gasteiger partial charge in [-0.3, -0.25) is 9.59 Å². The van der Waals surface area contributed by atoms with Gasteiger partial charge in [-0.2, -0.15) is 0 Å². The van der Waals surface area contributed by atoms with Crippen molar-refractivity contribution in [3.63, 3.8) is 0 Å². The highest BCUT2D eigenvalue weighted by Gasteiger charge is 2.18. The molecule has 25 heavy (non-hydrogen) atoms. The number of hydrogen-bond acceptors (Lipinski definition) is 3. The molecule has 1 aromatic carbocycles. The number of benzene rings is 1. The van der Waals surface area contributed by atoms with Gasteiger partial charge >= 0.3 is 0 Å². The number of ether oxygens (including phenoxy) is 1. The number of halogens is 1. The predicted octanol–water partition coefficient (Wildman–Crippen LogP) is 4.12. The van der Waals surface area contributed by atoms with E-state index >= 15 is 0 Å². The second kappa shape index (κ2) is 8.21. The van der Waals surface area contributed by atoms with Crippen LogP contribution in [0.1, 0.15) is 36.2 Å². The molecule has 2 rings (SSSR count). The fourth-order valence-corrected chi connectivity index (χ4v) is 2.77. The summed E-state index contributed by atoms with van der Waals surface area (Å²) in [5.41, 5.74) is 0.896. The van der Waals surface area contributed by atoms with E-state index in [4.69, 9.17) is 16.3 Å². The van der Waals surface area contributed by atoms with Gasteiger partial charge in [-0.15, -0.1) is 0 Å². The summed E-state index contributed by atoms with van der Waals surface area (Å²) in [5.74, 6) is 0.370. The molecular weight excluding hydrogens is 340 g/mol. The Kier molecular flexibility index (Phi) is 6.26. The molecule has 6 heteroatoms. The summed E-state index contributed by atoms with van der Waals surface area (Å²) < 4.78 is 6.81. The summed E-state index contributed by atoms with van der Waals surface area (Å²) in [4.78, 5) is 25.4. The third kappa shape index (κ3) is 4.42. The molecule has 1 amide bonds. The van der Waals surface area contributed by atoms with Crippen LogP contribution in [0.15, 0.2) is 35.3 Å². The molecule has 0 aliphatic heterocycles. The van der Waals surface area contributed by atoms with Gasteiger partial charge in [0.25, 0.3) is 11.5 Å². The number of aromatic nitrogens is 1. The zero-order valence-corrected chi connectivity index (χ0v) is 15.7. The highest BCUT2D eigenvalue weighted by Crippen LogP contribution is 2.32. The average molecular weight is 363 g/mol. The standard InChI is InChI=1S/C19H23ClN2O3/c1-12(2)8-10-22-11-9-13(3)16(19(22)24)18(23)21-15-7-5-6-14(20)17(15)25-4/h5-7,9,11-12H,8,10H2,1-4H3,(H,21,23). The Balaban J connectivity index is 2.35. The smallest absolute Gasteiger partial charge is 0.263 e. The second-order valence-electron chi connectivity index (χ2n) is 6.33. The number of carbonyl (C=O) groups is 1. The van der Waals surface area contributed by atoms with E-state index in [-0.39, 0.29) is 11.1 Å². The van der Waals surface area contributed by atoms with Gasteiger partial charge in [-0.25, -0.2) is 0 Å². The number of nitrogens with one attached hydrogen (secondary N) is 1. The van der Waals surface area contributed by atoms with E-state index < -0.39 is 5.91 Å². The number of rotatable bonds is 6. The van der Waals surface area contributed by atoms with E-state index in [9.17, 15) is 9.59 Å². The molecule has 0 fully saturated rings. The fourth-order valence-electron chi connectivity index (χ4n) is 2.51. The first-order valence-electron chi connectivity index (χ1n) is 8.19. The topological polar surface area (TPSA) is 60.3 Å². The first kappa shape index (κ1) is 19.1. The van der Waals surface area contributed by atoms with Crippen LogP contribution in [0.2, 0.25) is 5.02 Å². The van der Waals surface area contributed by atoms with Crippen LogP contribution in [0, 0.1) is 12.8 Å². The Labute approximate surface area is 152 Å². The van der Waals surface area contributed by atoms with Crippen molar-refractivity contribution in [2.24, 2.45) is 5.92 Å². The van der Waals surface area contributed by atoms with Crippen LogP contribution in [0.5, 0.6) is 5.75 Å². The molecule has 0 aliphatic rings. The maximum Gasteiger partial charge on any atom is 0.263 e. The summed E-state index contributed by atoms with van der Waals surface area (Å²) in [6.45, 7) is 6.52. The SMILES string of the molecule is COc1c(Cl)cccc1NC(=O)c1c(C)ccn(CCC(C)C)c1=O. The number of carbonyl (C=O) groups excluding carboxylic acids is 1. The molecule has 0 saturated heterocycles. The summed E-state index contributed by atoms with van der Waals surface area (Å²) >= 11 is 6.08. The monoisotopic (exact) mass is 362 g/mol. The van der Waals surface area contributed by atoms with Gasteiger partial charge in [-0.1, -0.05) is 31.5 Å². The van der Waals surface area contributed by atoms with Crippen molar-refractivity contribution in [1.29, 1.82) is 0 Å². The Morgan fingerprint density at radius 1 is 1.32 bits per heavy atom. The maximum absolute atomic E-state index is 12.7. The number of hydrogen-bond donors (Lipinski definition) is 1. The number of nitrogens with zero attached hydrogens (tertiary/aromatic N) is 1. The van der Waals surface area contributed by atoms with Crippen molar-refractivity contribution < 1.29 is 9.53 Å². The van der Waals surface area contributed by atoms with E-state index in [0.717, 1.165) is 6.42 Å². The predicted molar refractivity (Wildman–Crippen MR) is 101 cm³/mol. The van der Waals surface area contributed by atoms with Crippen LogP contribution < -0.4 is 15.6 Å². The Bertz CT molecular complexity index is 828. The molecule has 0 atom stereocenters. The van der Waals surface area contributed by atoms with Gasteiger partial charge in [0.05, 0.1) is 17.8 Å². The Morgan fingerprint density at radius 2 is 2.04 bits per heavy atom. The zero-order chi connectivity index (χ0) is 18.6. The molecule has 1 N–H and O–H groups in total. The number of amides is 1. The Hall–Kier alpha value is -2.27. The van der Waals surface area contributed by atoms with Crippen LogP contribution in [-0.2, 0) is 6.54 Å². The summed E-state index contributed by atoms with van der Waals surface area (Å²) in [7, 11) is 1.48. The van der Waals surface area contributed by atoms with Crippen LogP contribution in [0.3, 0.4) is 0 Å². The molecular formula is C19H23ClN2O3. The molecule has 2 aromatic rings. The quantitative estimate of drug-likeness (QED) is 0.840. The molecule has 1 heterocycles. The molecule has 0 unspecified atom stereocenters. The minimum absolute atomic E-state index is 0.133. The van der Waals surface area contributed by atoms with Crippen LogP contribution in [-0.4, -0.2) is 17.6 Å². The summed E-state index contributed by atoms with van der Waals surface area (Å²) in [6.07, 6.45) is 2.60. The van der Waals surface area contributed by atoms with Gasteiger partial charge in [0.1, 0.15) is 5.56 Å². The average Bonchev–Trinajstić information content (AvgIpc) is 2.54. The van der Waals surface area contributed by atoms with E-state index in [0.29, 0.717) is 34.5 Å². The van der Waals surface area contributed by atoms with Crippen molar-refractivity contribution in [2.75, 3.05) is 12.4 Å². The molecule has 0 spiro atoms. The largest absolute Gasteiger partial charge is 0.493 e. The Morgan fingerprint density at radius 3 is 2.68 bits per heavy atom. The minimum Gasteiger partial charge on any atom is -0.493 e. The number of anilines is 1. The minimum atomic E-state index is -0.470. The third-order valence-corrected chi connectivity index (χ3v) is 4.26. The summed E-state index contributed by atoms with van der Waals surface area (Å²) in [5, 5.41) is 3.12. The molecule has 134 valence electrons. The first-order valence-corrected chi connectivity index (χ1v) is 8.56. The molecule has 5 nitrogen and oxygen atoms in total. The number of aryl methyl sites for hydroxylation is 2. The maximum atomic E-state index is 12.7. The lowest BCUT2D eigenvalue weighted by Crippen LogP contribution is -2.30. The van der Waals surface area contributed by atoms with Gasteiger partial charge < -0.3 is 14.6 Å². The van der Waals surface area contributed by atoms with Crippen molar-refractivity contribution in [2.45, 2.75) is 33.7 Å². The van der Waals surface area contributed by atoms with Crippen molar-refractivity contribution >= 4 is 23.2 Å². The van der Waals surface area contributed by atoms with Gasteiger partial charge in [0.15, 0.2) is 5.75 Å². The molecule has 0 bridgehead atoms. The highest BCUT2D eigenvalue weighted by atomic mass is 35.5. The van der Waals surface area contributed by atoms with Crippen molar-refractivity contribution in [3.8, 4) is 5.75 Å².